The summed E-state index contributed by atoms with van der Waals surface area (Å²) in [6.45, 7) is 0.340. The molecule has 1 atom stereocenters. The van der Waals surface area contributed by atoms with Crippen molar-refractivity contribution in [2.75, 3.05) is 14.2 Å². The number of carboxylic acid groups (broad SMARTS) is 1. The van der Waals surface area contributed by atoms with Crippen LogP contribution in [0.2, 0.25) is 0 Å². The Hall–Kier alpha value is -3.65. The Kier molecular flexibility index (Phi) is 5.24. The van der Waals surface area contributed by atoms with Crippen molar-refractivity contribution in [2.24, 2.45) is 0 Å². The van der Waals surface area contributed by atoms with Gasteiger partial charge in [-0.1, -0.05) is 24.3 Å². The van der Waals surface area contributed by atoms with Crippen LogP contribution in [-0.2, 0) is 17.9 Å². The van der Waals surface area contributed by atoms with Crippen molar-refractivity contribution in [2.45, 2.75) is 19.1 Å². The number of hydrogen-bond acceptors (Lipinski definition) is 7. The second-order valence-electron chi connectivity index (χ2n) is 6.85. The van der Waals surface area contributed by atoms with Gasteiger partial charge < -0.3 is 19.0 Å². The Morgan fingerprint density at radius 1 is 1.20 bits per heavy atom. The average molecular weight is 408 g/mol. The number of Topliss-reactive ketones (excluding diaryl/α,β-unsaturated/α-hetero) is 1. The number of carboxylic acids is 1. The van der Waals surface area contributed by atoms with E-state index in [0.29, 0.717) is 23.1 Å². The smallest absolute Gasteiger partial charge is 0.329 e. The van der Waals surface area contributed by atoms with E-state index < -0.39 is 17.8 Å². The molecule has 1 aromatic heterocycles. The monoisotopic (exact) mass is 408 g/mol. The summed E-state index contributed by atoms with van der Waals surface area (Å²) in [5.74, 6) is -0.406. The molecule has 4 rings (SSSR count). The van der Waals surface area contributed by atoms with E-state index in [4.69, 9.17) is 13.9 Å². The minimum atomic E-state index is -1.37. The van der Waals surface area contributed by atoms with Crippen LogP contribution in [-0.4, -0.2) is 47.0 Å². The summed E-state index contributed by atoms with van der Waals surface area (Å²) in [7, 11) is 3.07. The van der Waals surface area contributed by atoms with Crippen LogP contribution in [0.1, 0.15) is 21.8 Å². The van der Waals surface area contributed by atoms with Crippen molar-refractivity contribution in [1.29, 1.82) is 0 Å². The topological polar surface area (TPSA) is 102 Å². The highest BCUT2D eigenvalue weighted by atomic mass is 16.5. The minimum Gasteiger partial charge on any atom is -0.497 e. The molecule has 2 aromatic carbocycles. The number of aliphatic carboxylic acids is 1. The largest absolute Gasteiger partial charge is 0.497 e. The van der Waals surface area contributed by atoms with Gasteiger partial charge in [0.15, 0.2) is 11.8 Å². The molecule has 30 heavy (non-hydrogen) atoms. The number of rotatable bonds is 6. The Morgan fingerprint density at radius 2 is 1.97 bits per heavy atom. The highest BCUT2D eigenvalue weighted by Crippen LogP contribution is 2.32. The lowest BCUT2D eigenvalue weighted by Gasteiger charge is -2.30. The molecular formula is C22H20N2O6. The standard InChI is InChI=1S/C22H20N2O6/c1-28-15-9-8-14(17(10-15)29-2)11-24-12-16-20(19(25)18(24)22(26)27)30-21(23-16)13-6-4-3-5-7-13/h3-10,18H,11-12H2,1-2H3,(H,26,27). The highest BCUT2D eigenvalue weighted by molar-refractivity contribution is 6.11. The molecule has 1 N–H and O–H groups in total. The number of benzene rings is 2. The summed E-state index contributed by atoms with van der Waals surface area (Å²) in [4.78, 5) is 30.9. The molecule has 2 heterocycles. The first-order valence-corrected chi connectivity index (χ1v) is 9.29. The molecular weight excluding hydrogens is 388 g/mol. The number of oxazole rings is 1. The molecule has 8 heteroatoms. The van der Waals surface area contributed by atoms with E-state index in [2.05, 4.69) is 4.98 Å². The molecule has 1 aliphatic heterocycles. The van der Waals surface area contributed by atoms with Gasteiger partial charge in [-0.15, -0.1) is 0 Å². The summed E-state index contributed by atoms with van der Waals surface area (Å²) >= 11 is 0. The summed E-state index contributed by atoms with van der Waals surface area (Å²) in [5.41, 5.74) is 1.87. The van der Waals surface area contributed by atoms with E-state index >= 15 is 0 Å². The second kappa shape index (κ2) is 8.00. The van der Waals surface area contributed by atoms with Crippen LogP contribution in [0.3, 0.4) is 0 Å². The zero-order chi connectivity index (χ0) is 21.3. The fourth-order valence-corrected chi connectivity index (χ4v) is 3.55. The number of aromatic nitrogens is 1. The van der Waals surface area contributed by atoms with Gasteiger partial charge >= 0.3 is 5.97 Å². The average Bonchev–Trinajstić information content (AvgIpc) is 3.19. The molecule has 0 bridgehead atoms. The molecule has 154 valence electrons. The number of fused-ring (bicyclic) bond motifs is 1. The van der Waals surface area contributed by atoms with Crippen molar-refractivity contribution >= 4 is 11.8 Å². The molecule has 8 nitrogen and oxygen atoms in total. The number of hydrogen-bond donors (Lipinski definition) is 1. The van der Waals surface area contributed by atoms with Crippen LogP contribution in [0.25, 0.3) is 11.5 Å². The predicted octanol–water partition coefficient (Wildman–Crippen LogP) is 3.01. The minimum absolute atomic E-state index is 0.000742. The maximum absolute atomic E-state index is 13.0. The summed E-state index contributed by atoms with van der Waals surface area (Å²) in [5, 5.41) is 9.74. The van der Waals surface area contributed by atoms with Gasteiger partial charge in [-0.3, -0.25) is 14.5 Å². The van der Waals surface area contributed by atoms with Gasteiger partial charge in [-0.05, 0) is 18.2 Å². The molecule has 0 radical (unpaired) electrons. The van der Waals surface area contributed by atoms with Gasteiger partial charge in [0.05, 0.1) is 14.2 Å². The van der Waals surface area contributed by atoms with E-state index in [1.54, 1.807) is 30.2 Å². The third-order valence-electron chi connectivity index (χ3n) is 5.01. The molecule has 0 amide bonds. The number of carbonyl (C=O) groups excluding carboxylic acids is 1. The highest BCUT2D eigenvalue weighted by Gasteiger charge is 2.42. The van der Waals surface area contributed by atoms with Gasteiger partial charge in [0.2, 0.25) is 11.7 Å². The van der Waals surface area contributed by atoms with Gasteiger partial charge in [0.25, 0.3) is 0 Å². The van der Waals surface area contributed by atoms with Crippen molar-refractivity contribution in [3.8, 4) is 23.0 Å². The molecule has 0 spiro atoms. The zero-order valence-electron chi connectivity index (χ0n) is 16.5. The molecule has 0 aliphatic carbocycles. The van der Waals surface area contributed by atoms with E-state index in [1.807, 2.05) is 30.3 Å². The maximum Gasteiger partial charge on any atom is 0.329 e. The first kappa shape index (κ1) is 19.7. The Morgan fingerprint density at radius 3 is 2.63 bits per heavy atom. The van der Waals surface area contributed by atoms with E-state index in [1.165, 1.54) is 7.11 Å². The normalized spacial score (nSPS) is 16.2. The quantitative estimate of drug-likeness (QED) is 0.621. The van der Waals surface area contributed by atoms with Gasteiger partial charge in [-0.25, -0.2) is 4.98 Å². The van der Waals surface area contributed by atoms with Crippen molar-refractivity contribution < 1.29 is 28.6 Å². The molecule has 0 saturated carbocycles. The van der Waals surface area contributed by atoms with E-state index in [-0.39, 0.29) is 18.8 Å². The number of carbonyl (C=O) groups is 2. The number of nitrogens with zero attached hydrogens (tertiary/aromatic N) is 2. The maximum atomic E-state index is 13.0. The number of methoxy groups -OCH3 is 2. The predicted molar refractivity (Wildman–Crippen MR) is 106 cm³/mol. The fourth-order valence-electron chi connectivity index (χ4n) is 3.55. The van der Waals surface area contributed by atoms with Gasteiger partial charge in [-0.2, -0.15) is 0 Å². The van der Waals surface area contributed by atoms with E-state index in [9.17, 15) is 14.7 Å². The zero-order valence-corrected chi connectivity index (χ0v) is 16.5. The molecule has 0 saturated heterocycles. The van der Waals surface area contributed by atoms with Crippen LogP contribution < -0.4 is 9.47 Å². The van der Waals surface area contributed by atoms with E-state index in [0.717, 1.165) is 11.1 Å². The Bertz CT molecular complexity index is 1090. The molecule has 1 unspecified atom stereocenters. The first-order valence-electron chi connectivity index (χ1n) is 9.29. The van der Waals surface area contributed by atoms with Crippen molar-refractivity contribution in [3.05, 3.63) is 65.5 Å². The first-order chi connectivity index (χ1) is 14.5. The lowest BCUT2D eigenvalue weighted by Crippen LogP contribution is -2.49. The molecule has 1 aliphatic rings. The lowest BCUT2D eigenvalue weighted by molar-refractivity contribution is -0.142. The Labute approximate surface area is 172 Å². The van der Waals surface area contributed by atoms with Crippen molar-refractivity contribution in [3.63, 3.8) is 0 Å². The summed E-state index contributed by atoms with van der Waals surface area (Å²) in [6, 6.07) is 13.1. The SMILES string of the molecule is COc1ccc(CN2Cc3nc(-c4ccccc4)oc3C(=O)C2C(=O)O)c(OC)c1. The third-order valence-corrected chi connectivity index (χ3v) is 5.01. The summed E-state index contributed by atoms with van der Waals surface area (Å²) < 4.78 is 16.3. The van der Waals surface area contributed by atoms with Crippen LogP contribution in [0, 0.1) is 0 Å². The number of ketones is 1. The third kappa shape index (κ3) is 3.53. The van der Waals surface area contributed by atoms with Gasteiger partial charge in [0.1, 0.15) is 17.2 Å². The van der Waals surface area contributed by atoms with Crippen LogP contribution in [0.5, 0.6) is 11.5 Å². The number of ether oxygens (including phenoxy) is 2. The molecule has 3 aromatic rings. The van der Waals surface area contributed by atoms with Crippen LogP contribution in [0.15, 0.2) is 52.9 Å². The molecule has 0 fully saturated rings. The fraction of sp³-hybridized carbons (Fsp3) is 0.227. The second-order valence-corrected chi connectivity index (χ2v) is 6.85. The van der Waals surface area contributed by atoms with Gasteiger partial charge in [0, 0.05) is 30.3 Å². The van der Waals surface area contributed by atoms with Crippen LogP contribution in [0.4, 0.5) is 0 Å². The lowest BCUT2D eigenvalue weighted by atomic mass is 10.0. The Balaban J connectivity index is 1.69. The van der Waals surface area contributed by atoms with Crippen LogP contribution >= 0.6 is 0 Å². The summed E-state index contributed by atoms with van der Waals surface area (Å²) in [6.07, 6.45) is 0. The van der Waals surface area contributed by atoms with Crippen molar-refractivity contribution in [1.82, 2.24) is 9.88 Å².